The van der Waals surface area contributed by atoms with Gasteiger partial charge in [0.15, 0.2) is 0 Å². The van der Waals surface area contributed by atoms with Gasteiger partial charge in [-0.1, -0.05) is 11.6 Å². The van der Waals surface area contributed by atoms with E-state index in [0.717, 1.165) is 23.0 Å². The lowest BCUT2D eigenvalue weighted by atomic mass is 10.1. The third-order valence-corrected chi connectivity index (χ3v) is 4.74. The molecule has 0 radical (unpaired) electrons. The summed E-state index contributed by atoms with van der Waals surface area (Å²) in [7, 11) is 1.99. The largest absolute Gasteiger partial charge is 0.310 e. The second-order valence-electron chi connectivity index (χ2n) is 4.84. The van der Waals surface area contributed by atoms with Crippen molar-refractivity contribution in [1.82, 2.24) is 15.1 Å². The third-order valence-electron chi connectivity index (χ3n) is 3.45. The maximum Gasteiger partial charge on any atom is 0.0931 e. The molecule has 0 aromatic carbocycles. The summed E-state index contributed by atoms with van der Waals surface area (Å²) in [4.78, 5) is 1.32. The van der Waals surface area contributed by atoms with E-state index in [9.17, 15) is 0 Å². The Morgan fingerprint density at radius 2 is 2.16 bits per heavy atom. The predicted octanol–water partition coefficient (Wildman–Crippen LogP) is 3.65. The lowest BCUT2D eigenvalue weighted by Gasteiger charge is -2.14. The second-order valence-corrected chi connectivity index (χ2v) is 6.64. The number of aromatic nitrogens is 2. The molecule has 5 heteroatoms. The third kappa shape index (κ3) is 3.38. The zero-order valence-electron chi connectivity index (χ0n) is 11.8. The molecule has 0 saturated carbocycles. The highest BCUT2D eigenvalue weighted by molar-refractivity contribution is 7.16. The van der Waals surface area contributed by atoms with Crippen LogP contribution in [0.1, 0.15) is 34.8 Å². The smallest absolute Gasteiger partial charge is 0.0931 e. The summed E-state index contributed by atoms with van der Waals surface area (Å²) >= 11 is 7.58. The number of nitrogens with one attached hydrogen (secondary N) is 1. The van der Waals surface area contributed by atoms with E-state index in [4.69, 9.17) is 11.6 Å². The molecule has 0 aliphatic heterocycles. The Bertz CT molecular complexity index is 559. The first-order valence-corrected chi connectivity index (χ1v) is 7.66. The lowest BCUT2D eigenvalue weighted by Crippen LogP contribution is -2.22. The van der Waals surface area contributed by atoms with Gasteiger partial charge in [0.05, 0.1) is 10.0 Å². The Morgan fingerprint density at radius 3 is 2.68 bits per heavy atom. The van der Waals surface area contributed by atoms with E-state index in [1.807, 2.05) is 17.8 Å². The van der Waals surface area contributed by atoms with Crippen molar-refractivity contribution in [2.24, 2.45) is 7.05 Å². The maximum absolute atomic E-state index is 5.93. The molecular formula is C14H20ClN3S. The van der Waals surface area contributed by atoms with Gasteiger partial charge >= 0.3 is 0 Å². The standard InChI is InChI=1S/C14H20ClN3S/c1-9(14-10(2)17-18(4)11(14)3)16-8-7-12-5-6-13(15)19-12/h5-6,9,16H,7-8H2,1-4H3. The van der Waals surface area contributed by atoms with Gasteiger partial charge < -0.3 is 5.32 Å². The number of hydrogen-bond donors (Lipinski definition) is 1. The molecule has 104 valence electrons. The molecule has 3 nitrogen and oxygen atoms in total. The molecule has 2 rings (SSSR count). The van der Waals surface area contributed by atoms with Gasteiger partial charge in [-0.3, -0.25) is 4.68 Å². The fourth-order valence-electron chi connectivity index (χ4n) is 2.42. The Kier molecular flexibility index (Phi) is 4.66. The van der Waals surface area contributed by atoms with E-state index in [1.165, 1.54) is 16.1 Å². The zero-order valence-corrected chi connectivity index (χ0v) is 13.4. The molecule has 2 aromatic heterocycles. The van der Waals surface area contributed by atoms with E-state index in [2.05, 4.69) is 37.3 Å². The zero-order chi connectivity index (χ0) is 14.0. The van der Waals surface area contributed by atoms with Gasteiger partial charge in [0.2, 0.25) is 0 Å². The molecule has 2 aromatic rings. The lowest BCUT2D eigenvalue weighted by molar-refractivity contribution is 0.572. The minimum Gasteiger partial charge on any atom is -0.310 e. The Labute approximate surface area is 123 Å². The first-order valence-electron chi connectivity index (χ1n) is 6.46. The molecular weight excluding hydrogens is 278 g/mol. The molecule has 1 N–H and O–H groups in total. The van der Waals surface area contributed by atoms with E-state index >= 15 is 0 Å². The minimum atomic E-state index is 0.323. The SMILES string of the molecule is Cc1nn(C)c(C)c1C(C)NCCc1ccc(Cl)s1. The van der Waals surface area contributed by atoms with E-state index in [-0.39, 0.29) is 0 Å². The molecule has 2 heterocycles. The normalized spacial score (nSPS) is 12.9. The fraction of sp³-hybridized carbons (Fsp3) is 0.500. The molecule has 19 heavy (non-hydrogen) atoms. The van der Waals surface area contributed by atoms with Gasteiger partial charge in [-0.25, -0.2) is 0 Å². The van der Waals surface area contributed by atoms with Crippen LogP contribution in [0.25, 0.3) is 0 Å². The van der Waals surface area contributed by atoms with Crippen LogP contribution in [0.4, 0.5) is 0 Å². The summed E-state index contributed by atoms with van der Waals surface area (Å²) in [5, 5.41) is 8.02. The van der Waals surface area contributed by atoms with Crippen molar-refractivity contribution < 1.29 is 0 Å². The van der Waals surface area contributed by atoms with Crippen molar-refractivity contribution in [3.8, 4) is 0 Å². The second kappa shape index (κ2) is 6.07. The first-order chi connectivity index (χ1) is 8.99. The van der Waals surface area contributed by atoms with E-state index in [1.54, 1.807) is 11.3 Å². The fourth-order valence-corrected chi connectivity index (χ4v) is 3.50. The van der Waals surface area contributed by atoms with Crippen LogP contribution in [0, 0.1) is 13.8 Å². The number of rotatable bonds is 5. The highest BCUT2D eigenvalue weighted by Crippen LogP contribution is 2.23. The molecule has 0 amide bonds. The molecule has 0 bridgehead atoms. The van der Waals surface area contributed by atoms with Crippen molar-refractivity contribution in [3.05, 3.63) is 38.3 Å². The van der Waals surface area contributed by atoms with E-state index in [0.29, 0.717) is 6.04 Å². The molecule has 0 saturated heterocycles. The summed E-state index contributed by atoms with van der Waals surface area (Å²) in [6.45, 7) is 7.33. The number of nitrogens with zero attached hydrogens (tertiary/aromatic N) is 2. The first kappa shape index (κ1) is 14.6. The van der Waals surface area contributed by atoms with E-state index < -0.39 is 0 Å². The van der Waals surface area contributed by atoms with Crippen LogP contribution in [0.3, 0.4) is 0 Å². The Morgan fingerprint density at radius 1 is 1.42 bits per heavy atom. The number of hydrogen-bond acceptors (Lipinski definition) is 3. The summed E-state index contributed by atoms with van der Waals surface area (Å²) in [5.74, 6) is 0. The predicted molar refractivity (Wildman–Crippen MR) is 82.1 cm³/mol. The van der Waals surface area contributed by atoms with Crippen molar-refractivity contribution in [2.45, 2.75) is 33.2 Å². The molecule has 0 fully saturated rings. The molecule has 0 aliphatic carbocycles. The highest BCUT2D eigenvalue weighted by atomic mass is 35.5. The van der Waals surface area contributed by atoms with Gasteiger partial charge in [0.25, 0.3) is 0 Å². The molecule has 0 spiro atoms. The average Bonchev–Trinajstić information content (AvgIpc) is 2.84. The van der Waals surface area contributed by atoms with Crippen LogP contribution in [0.2, 0.25) is 4.34 Å². The number of aryl methyl sites for hydroxylation is 2. The Balaban J connectivity index is 1.92. The van der Waals surface area contributed by atoms with Gasteiger partial charge in [0.1, 0.15) is 0 Å². The van der Waals surface area contributed by atoms with Gasteiger partial charge in [-0.2, -0.15) is 5.10 Å². The van der Waals surface area contributed by atoms with Crippen LogP contribution < -0.4 is 5.32 Å². The van der Waals surface area contributed by atoms with Crippen LogP contribution in [-0.4, -0.2) is 16.3 Å². The van der Waals surface area contributed by atoms with Crippen molar-refractivity contribution in [1.29, 1.82) is 0 Å². The summed E-state index contributed by atoms with van der Waals surface area (Å²) < 4.78 is 2.81. The summed E-state index contributed by atoms with van der Waals surface area (Å²) in [5.41, 5.74) is 3.66. The maximum atomic E-state index is 5.93. The Hall–Kier alpha value is -0.840. The molecule has 1 atom stereocenters. The molecule has 1 unspecified atom stereocenters. The van der Waals surface area contributed by atoms with Crippen LogP contribution in [-0.2, 0) is 13.5 Å². The van der Waals surface area contributed by atoms with Gasteiger partial charge in [-0.15, -0.1) is 11.3 Å². The van der Waals surface area contributed by atoms with Crippen molar-refractivity contribution >= 4 is 22.9 Å². The topological polar surface area (TPSA) is 29.9 Å². The van der Waals surface area contributed by atoms with Crippen LogP contribution >= 0.6 is 22.9 Å². The van der Waals surface area contributed by atoms with Crippen molar-refractivity contribution in [2.75, 3.05) is 6.54 Å². The monoisotopic (exact) mass is 297 g/mol. The quantitative estimate of drug-likeness (QED) is 0.913. The number of thiophene rings is 1. The van der Waals surface area contributed by atoms with Crippen LogP contribution in [0.5, 0.6) is 0 Å². The number of halogens is 1. The van der Waals surface area contributed by atoms with Gasteiger partial charge in [0, 0.05) is 35.8 Å². The minimum absolute atomic E-state index is 0.323. The highest BCUT2D eigenvalue weighted by Gasteiger charge is 2.15. The van der Waals surface area contributed by atoms with Crippen molar-refractivity contribution in [3.63, 3.8) is 0 Å². The van der Waals surface area contributed by atoms with Gasteiger partial charge in [-0.05, 0) is 39.3 Å². The summed E-state index contributed by atoms with van der Waals surface area (Å²) in [6, 6.07) is 4.38. The van der Waals surface area contributed by atoms with Crippen LogP contribution in [0.15, 0.2) is 12.1 Å². The summed E-state index contributed by atoms with van der Waals surface area (Å²) in [6.07, 6.45) is 1.01. The average molecular weight is 298 g/mol. The molecule has 0 aliphatic rings.